The maximum absolute atomic E-state index is 12.0. The lowest BCUT2D eigenvalue weighted by Crippen LogP contribution is -2.51. The number of amides is 2. The van der Waals surface area contributed by atoms with Crippen molar-refractivity contribution in [3.8, 4) is 0 Å². The number of aromatic amines is 1. The molecule has 0 radical (unpaired) electrons. The standard InChI is InChI=1S/C14H20N4O3/c19-13(20)11(5-10-6-15-7-16-10)17-14(21)18-12(8-1-2-8)9-3-4-9/h6-9,11-12H,1-5H2,(H,15,16)(H,19,20)(H2,17,18,21). The second kappa shape index (κ2) is 5.75. The molecular formula is C14H20N4O3. The topological polar surface area (TPSA) is 107 Å². The fraction of sp³-hybridized carbons (Fsp3) is 0.643. The SMILES string of the molecule is O=C(NC(Cc1cnc[nH]1)C(=O)O)NC(C1CC1)C1CC1. The summed E-state index contributed by atoms with van der Waals surface area (Å²) in [5.74, 6) is 0.118. The van der Waals surface area contributed by atoms with Gasteiger partial charge in [0, 0.05) is 24.4 Å². The quantitative estimate of drug-likeness (QED) is 0.598. The highest BCUT2D eigenvalue weighted by molar-refractivity contribution is 5.82. The van der Waals surface area contributed by atoms with Gasteiger partial charge >= 0.3 is 12.0 Å². The number of carbonyl (C=O) groups excluding carboxylic acids is 1. The molecule has 0 saturated heterocycles. The predicted molar refractivity (Wildman–Crippen MR) is 74.6 cm³/mol. The number of carbonyl (C=O) groups is 2. The van der Waals surface area contributed by atoms with Crippen LogP contribution in [0.15, 0.2) is 12.5 Å². The van der Waals surface area contributed by atoms with Crippen molar-refractivity contribution in [1.29, 1.82) is 0 Å². The van der Waals surface area contributed by atoms with Gasteiger partial charge in [0.05, 0.1) is 6.33 Å². The Labute approximate surface area is 122 Å². The van der Waals surface area contributed by atoms with Gasteiger partial charge in [-0.2, -0.15) is 0 Å². The molecule has 114 valence electrons. The Morgan fingerprint density at radius 1 is 1.29 bits per heavy atom. The number of hydrogen-bond acceptors (Lipinski definition) is 3. The van der Waals surface area contributed by atoms with Crippen LogP contribution < -0.4 is 10.6 Å². The van der Waals surface area contributed by atoms with Crippen molar-refractivity contribution >= 4 is 12.0 Å². The highest BCUT2D eigenvalue weighted by Crippen LogP contribution is 2.44. The fourth-order valence-electron chi connectivity index (χ4n) is 2.70. The summed E-state index contributed by atoms with van der Waals surface area (Å²) >= 11 is 0. The Morgan fingerprint density at radius 3 is 2.43 bits per heavy atom. The van der Waals surface area contributed by atoms with E-state index in [1.807, 2.05) is 0 Å². The summed E-state index contributed by atoms with van der Waals surface area (Å²) in [6.07, 6.45) is 7.91. The van der Waals surface area contributed by atoms with Crippen LogP contribution in [0.5, 0.6) is 0 Å². The summed E-state index contributed by atoms with van der Waals surface area (Å²) < 4.78 is 0. The average molecular weight is 292 g/mol. The number of aliphatic carboxylic acids is 1. The van der Waals surface area contributed by atoms with Crippen LogP contribution in [0.3, 0.4) is 0 Å². The molecule has 2 aliphatic rings. The smallest absolute Gasteiger partial charge is 0.326 e. The number of aromatic nitrogens is 2. The molecule has 3 rings (SSSR count). The number of imidazole rings is 1. The molecule has 21 heavy (non-hydrogen) atoms. The van der Waals surface area contributed by atoms with E-state index in [9.17, 15) is 14.7 Å². The number of H-pyrrole nitrogens is 1. The molecule has 2 fully saturated rings. The molecule has 4 N–H and O–H groups in total. The fourth-order valence-corrected chi connectivity index (χ4v) is 2.70. The van der Waals surface area contributed by atoms with E-state index in [0.717, 1.165) is 25.7 Å². The molecule has 2 amide bonds. The molecule has 0 spiro atoms. The lowest BCUT2D eigenvalue weighted by molar-refractivity contribution is -0.139. The van der Waals surface area contributed by atoms with Crippen molar-refractivity contribution in [2.45, 2.75) is 44.2 Å². The first-order chi connectivity index (χ1) is 10.1. The molecule has 1 atom stereocenters. The molecule has 1 heterocycles. The van der Waals surface area contributed by atoms with Crippen molar-refractivity contribution in [3.63, 3.8) is 0 Å². The first-order valence-corrected chi connectivity index (χ1v) is 7.40. The van der Waals surface area contributed by atoms with E-state index in [1.54, 1.807) is 6.20 Å². The van der Waals surface area contributed by atoms with E-state index in [0.29, 0.717) is 17.5 Å². The third-order valence-corrected chi connectivity index (χ3v) is 4.14. The third-order valence-electron chi connectivity index (χ3n) is 4.14. The van der Waals surface area contributed by atoms with Gasteiger partial charge in [-0.3, -0.25) is 0 Å². The van der Waals surface area contributed by atoms with E-state index < -0.39 is 12.0 Å². The molecule has 0 aromatic carbocycles. The Balaban J connectivity index is 1.54. The zero-order valence-corrected chi connectivity index (χ0v) is 11.7. The largest absolute Gasteiger partial charge is 0.480 e. The number of nitrogens with one attached hydrogen (secondary N) is 3. The van der Waals surface area contributed by atoms with Crippen LogP contribution in [0.25, 0.3) is 0 Å². The Kier molecular flexibility index (Phi) is 3.81. The molecule has 2 aliphatic carbocycles. The number of urea groups is 1. The van der Waals surface area contributed by atoms with Gasteiger partial charge in [0.2, 0.25) is 0 Å². The van der Waals surface area contributed by atoms with Crippen LogP contribution in [0.4, 0.5) is 4.79 Å². The minimum Gasteiger partial charge on any atom is -0.480 e. The summed E-state index contributed by atoms with van der Waals surface area (Å²) in [6.45, 7) is 0. The van der Waals surface area contributed by atoms with Gasteiger partial charge < -0.3 is 20.7 Å². The van der Waals surface area contributed by atoms with Gasteiger partial charge in [-0.1, -0.05) is 0 Å². The van der Waals surface area contributed by atoms with Crippen molar-refractivity contribution in [2.24, 2.45) is 11.8 Å². The summed E-state index contributed by atoms with van der Waals surface area (Å²) in [6, 6.07) is -1.12. The van der Waals surface area contributed by atoms with Crippen LogP contribution in [0.1, 0.15) is 31.4 Å². The van der Waals surface area contributed by atoms with Crippen LogP contribution in [-0.2, 0) is 11.2 Å². The molecular weight excluding hydrogens is 272 g/mol. The summed E-state index contributed by atoms with van der Waals surface area (Å²) in [5.41, 5.74) is 0.684. The monoisotopic (exact) mass is 292 g/mol. The Hall–Kier alpha value is -2.05. The summed E-state index contributed by atoms with van der Waals surface area (Å²) in [7, 11) is 0. The van der Waals surface area contributed by atoms with E-state index >= 15 is 0 Å². The first kappa shape index (κ1) is 13.9. The van der Waals surface area contributed by atoms with E-state index in [4.69, 9.17) is 0 Å². The minimum absolute atomic E-state index is 0.195. The molecule has 1 unspecified atom stereocenters. The lowest BCUT2D eigenvalue weighted by Gasteiger charge is -2.20. The van der Waals surface area contributed by atoms with Crippen LogP contribution in [0.2, 0.25) is 0 Å². The predicted octanol–water partition coefficient (Wildman–Crippen LogP) is 0.893. The normalized spacial score (nSPS) is 19.3. The zero-order valence-electron chi connectivity index (χ0n) is 11.7. The first-order valence-electron chi connectivity index (χ1n) is 7.40. The van der Waals surface area contributed by atoms with Crippen molar-refractivity contribution in [3.05, 3.63) is 18.2 Å². The van der Waals surface area contributed by atoms with Gasteiger partial charge in [-0.05, 0) is 37.5 Å². The molecule has 0 bridgehead atoms. The number of carboxylic acid groups (broad SMARTS) is 1. The molecule has 7 nitrogen and oxygen atoms in total. The van der Waals surface area contributed by atoms with Crippen molar-refractivity contribution in [1.82, 2.24) is 20.6 Å². The van der Waals surface area contributed by atoms with Crippen LogP contribution >= 0.6 is 0 Å². The Morgan fingerprint density at radius 2 is 1.95 bits per heavy atom. The number of nitrogens with zero attached hydrogens (tertiary/aromatic N) is 1. The average Bonchev–Trinajstić information content (AvgIpc) is 3.36. The van der Waals surface area contributed by atoms with Crippen LogP contribution in [0, 0.1) is 11.8 Å². The molecule has 1 aromatic heterocycles. The Bertz CT molecular complexity index is 496. The van der Waals surface area contributed by atoms with Gasteiger partial charge in [-0.15, -0.1) is 0 Å². The second-order valence-corrected chi connectivity index (χ2v) is 5.99. The molecule has 2 saturated carbocycles. The minimum atomic E-state index is -1.05. The van der Waals surface area contributed by atoms with E-state index in [-0.39, 0.29) is 18.5 Å². The zero-order chi connectivity index (χ0) is 14.8. The van der Waals surface area contributed by atoms with Crippen molar-refractivity contribution < 1.29 is 14.7 Å². The van der Waals surface area contributed by atoms with Gasteiger partial charge in [0.1, 0.15) is 6.04 Å². The lowest BCUT2D eigenvalue weighted by atomic mass is 10.1. The maximum atomic E-state index is 12.0. The summed E-state index contributed by atoms with van der Waals surface area (Å²) in [4.78, 5) is 30.0. The molecule has 7 heteroatoms. The van der Waals surface area contributed by atoms with Gasteiger partial charge in [0.25, 0.3) is 0 Å². The number of rotatable bonds is 7. The number of hydrogen-bond donors (Lipinski definition) is 4. The maximum Gasteiger partial charge on any atom is 0.326 e. The second-order valence-electron chi connectivity index (χ2n) is 5.99. The van der Waals surface area contributed by atoms with Crippen LogP contribution in [-0.4, -0.2) is 39.2 Å². The molecule has 1 aromatic rings. The third kappa shape index (κ3) is 3.74. The van der Waals surface area contributed by atoms with E-state index in [1.165, 1.54) is 6.33 Å². The summed E-state index contributed by atoms with van der Waals surface area (Å²) in [5, 5.41) is 14.7. The van der Waals surface area contributed by atoms with Gasteiger partial charge in [0.15, 0.2) is 0 Å². The van der Waals surface area contributed by atoms with Gasteiger partial charge in [-0.25, -0.2) is 14.6 Å². The highest BCUT2D eigenvalue weighted by Gasteiger charge is 2.42. The highest BCUT2D eigenvalue weighted by atomic mass is 16.4. The van der Waals surface area contributed by atoms with E-state index in [2.05, 4.69) is 20.6 Å². The number of carboxylic acids is 1. The molecule has 0 aliphatic heterocycles. The van der Waals surface area contributed by atoms with Crippen molar-refractivity contribution in [2.75, 3.05) is 0 Å².